The second-order valence-corrected chi connectivity index (χ2v) is 7.20. The summed E-state index contributed by atoms with van der Waals surface area (Å²) in [5, 5.41) is 5.37. The Labute approximate surface area is 152 Å². The maximum Gasteiger partial charge on any atom is 0.376 e. The molecule has 0 saturated carbocycles. The second-order valence-electron chi connectivity index (χ2n) is 5.11. The molecule has 0 saturated heterocycles. The lowest BCUT2D eigenvalue weighted by molar-refractivity contribution is -0.113. The fraction of sp³-hybridized carbons (Fsp3) is 0.235. The van der Waals surface area contributed by atoms with E-state index in [2.05, 4.69) is 10.3 Å². The number of carbonyl (C=O) groups excluding carboxylic acids is 2. The zero-order chi connectivity index (χ0) is 17.8. The lowest BCUT2D eigenvalue weighted by Gasteiger charge is -2.05. The summed E-state index contributed by atoms with van der Waals surface area (Å²) in [5.41, 5.74) is 1.79. The van der Waals surface area contributed by atoms with Gasteiger partial charge in [0, 0.05) is 16.5 Å². The Kier molecular flexibility index (Phi) is 5.40. The number of furan rings is 1. The predicted octanol–water partition coefficient (Wildman–Crippen LogP) is 4.11. The summed E-state index contributed by atoms with van der Waals surface area (Å²) in [7, 11) is 0. The first-order valence-electron chi connectivity index (χ1n) is 7.62. The first-order chi connectivity index (χ1) is 12.1. The summed E-state index contributed by atoms with van der Waals surface area (Å²) >= 11 is 2.85. The molecule has 0 bridgehead atoms. The van der Waals surface area contributed by atoms with Crippen LogP contribution in [0.2, 0.25) is 0 Å². The molecule has 1 N–H and O–H groups in total. The lowest BCUT2D eigenvalue weighted by Crippen LogP contribution is -2.16. The van der Waals surface area contributed by atoms with Gasteiger partial charge in [-0.3, -0.25) is 4.79 Å². The van der Waals surface area contributed by atoms with Crippen LogP contribution in [0, 0.1) is 6.92 Å². The van der Waals surface area contributed by atoms with E-state index >= 15 is 0 Å². The van der Waals surface area contributed by atoms with Crippen molar-refractivity contribution in [1.82, 2.24) is 4.98 Å². The number of carbonyl (C=O) groups is 2. The Morgan fingerprint density at radius 3 is 2.88 bits per heavy atom. The van der Waals surface area contributed by atoms with E-state index in [1.54, 1.807) is 25.1 Å². The number of amides is 1. The zero-order valence-electron chi connectivity index (χ0n) is 13.7. The van der Waals surface area contributed by atoms with Crippen LogP contribution in [-0.4, -0.2) is 29.2 Å². The molecule has 2 aromatic heterocycles. The normalized spacial score (nSPS) is 10.8. The number of ether oxygens (including phenoxy) is 1. The highest BCUT2D eigenvalue weighted by molar-refractivity contribution is 8.01. The van der Waals surface area contributed by atoms with Crippen molar-refractivity contribution < 1.29 is 18.7 Å². The topological polar surface area (TPSA) is 81.4 Å². The average molecular weight is 376 g/mol. The third kappa shape index (κ3) is 4.02. The molecule has 3 aromatic rings. The molecular weight excluding hydrogens is 360 g/mol. The molecule has 2 heterocycles. The fourth-order valence-corrected chi connectivity index (χ4v) is 3.86. The Morgan fingerprint density at radius 2 is 2.16 bits per heavy atom. The molecule has 0 spiro atoms. The molecule has 0 aliphatic heterocycles. The van der Waals surface area contributed by atoms with E-state index in [1.165, 1.54) is 23.1 Å². The third-order valence-corrected chi connectivity index (χ3v) is 5.38. The van der Waals surface area contributed by atoms with Crippen molar-refractivity contribution in [3.05, 3.63) is 41.1 Å². The summed E-state index contributed by atoms with van der Waals surface area (Å²) in [6, 6.07) is 7.14. The number of aromatic nitrogens is 1. The van der Waals surface area contributed by atoms with Gasteiger partial charge in [0.05, 0.1) is 12.4 Å². The molecule has 1 amide bonds. The van der Waals surface area contributed by atoms with Crippen molar-refractivity contribution >= 4 is 51.6 Å². The van der Waals surface area contributed by atoms with Gasteiger partial charge in [-0.1, -0.05) is 23.9 Å². The number of hydrogen-bond donors (Lipinski definition) is 1. The van der Waals surface area contributed by atoms with E-state index < -0.39 is 5.97 Å². The molecule has 0 radical (unpaired) electrons. The molecule has 0 aliphatic carbocycles. The van der Waals surface area contributed by atoms with Gasteiger partial charge in [0.2, 0.25) is 11.7 Å². The number of benzene rings is 1. The number of fused-ring (bicyclic) bond motifs is 1. The molecule has 0 unspecified atom stereocenters. The van der Waals surface area contributed by atoms with Crippen molar-refractivity contribution in [3.8, 4) is 0 Å². The van der Waals surface area contributed by atoms with E-state index in [4.69, 9.17) is 9.15 Å². The highest BCUT2D eigenvalue weighted by Crippen LogP contribution is 2.32. The Balaban J connectivity index is 1.80. The monoisotopic (exact) mass is 376 g/mol. The number of anilines is 1. The third-order valence-electron chi connectivity index (χ3n) is 3.25. The minimum atomic E-state index is -0.600. The van der Waals surface area contributed by atoms with Crippen LogP contribution in [-0.2, 0) is 9.53 Å². The van der Waals surface area contributed by atoms with Gasteiger partial charge < -0.3 is 14.5 Å². The van der Waals surface area contributed by atoms with Gasteiger partial charge in [-0.15, -0.1) is 11.3 Å². The van der Waals surface area contributed by atoms with Gasteiger partial charge in [0.25, 0.3) is 0 Å². The minimum Gasteiger partial charge on any atom is -0.460 e. The Bertz CT molecular complexity index is 916. The van der Waals surface area contributed by atoms with Crippen LogP contribution in [0.15, 0.2) is 38.4 Å². The second kappa shape index (κ2) is 7.71. The van der Waals surface area contributed by atoms with Crippen LogP contribution in [0.5, 0.6) is 0 Å². The summed E-state index contributed by atoms with van der Waals surface area (Å²) < 4.78 is 11.4. The van der Waals surface area contributed by atoms with Crippen LogP contribution in [0.25, 0.3) is 11.0 Å². The van der Waals surface area contributed by atoms with Crippen molar-refractivity contribution in [1.29, 1.82) is 0 Å². The summed E-state index contributed by atoms with van der Waals surface area (Å²) in [6.45, 7) is 3.85. The molecule has 1 aromatic carbocycles. The Hall–Kier alpha value is -2.32. The summed E-state index contributed by atoms with van der Waals surface area (Å²) in [5.74, 6) is -0.645. The highest BCUT2D eigenvalue weighted by atomic mass is 32.2. The molecule has 0 atom stereocenters. The Morgan fingerprint density at radius 1 is 1.36 bits per heavy atom. The SMILES string of the molecule is CCOC(=O)c1oc2ccccc2c1NC(=O)CSc1nc(C)cs1. The lowest BCUT2D eigenvalue weighted by atomic mass is 10.2. The number of para-hydroxylation sites is 1. The van der Waals surface area contributed by atoms with Crippen molar-refractivity contribution in [3.63, 3.8) is 0 Å². The fourth-order valence-electron chi connectivity index (χ4n) is 2.21. The van der Waals surface area contributed by atoms with Gasteiger partial charge in [-0.2, -0.15) is 0 Å². The zero-order valence-corrected chi connectivity index (χ0v) is 15.3. The number of esters is 1. The molecular formula is C17H16N2O4S2. The number of thioether (sulfide) groups is 1. The van der Waals surface area contributed by atoms with Crippen molar-refractivity contribution in [2.75, 3.05) is 17.7 Å². The number of thiazole rings is 1. The molecule has 25 heavy (non-hydrogen) atoms. The van der Waals surface area contributed by atoms with E-state index in [0.717, 1.165) is 10.0 Å². The highest BCUT2D eigenvalue weighted by Gasteiger charge is 2.23. The molecule has 6 nitrogen and oxygen atoms in total. The van der Waals surface area contributed by atoms with E-state index in [9.17, 15) is 9.59 Å². The average Bonchev–Trinajstić information content (AvgIpc) is 3.17. The molecule has 130 valence electrons. The van der Waals surface area contributed by atoms with E-state index in [0.29, 0.717) is 16.7 Å². The van der Waals surface area contributed by atoms with Crippen molar-refractivity contribution in [2.45, 2.75) is 18.2 Å². The molecule has 0 aliphatic rings. The maximum atomic E-state index is 12.3. The number of nitrogens with zero attached hydrogens (tertiary/aromatic N) is 1. The van der Waals surface area contributed by atoms with Crippen molar-refractivity contribution in [2.24, 2.45) is 0 Å². The largest absolute Gasteiger partial charge is 0.460 e. The first kappa shape index (κ1) is 17.5. The standard InChI is InChI=1S/C17H16N2O4S2/c1-3-22-16(21)15-14(11-6-4-5-7-12(11)23-15)19-13(20)9-25-17-18-10(2)8-24-17/h4-8H,3,9H2,1-2H3,(H,19,20). The van der Waals surface area contributed by atoms with Gasteiger partial charge >= 0.3 is 5.97 Å². The quantitative estimate of drug-likeness (QED) is 0.515. The van der Waals surface area contributed by atoms with Gasteiger partial charge in [-0.05, 0) is 26.0 Å². The van der Waals surface area contributed by atoms with Gasteiger partial charge in [0.15, 0.2) is 4.34 Å². The van der Waals surface area contributed by atoms with Crippen LogP contribution in [0.4, 0.5) is 5.69 Å². The summed E-state index contributed by atoms with van der Waals surface area (Å²) in [6.07, 6.45) is 0. The number of hydrogen-bond acceptors (Lipinski definition) is 7. The molecule has 3 rings (SSSR count). The van der Waals surface area contributed by atoms with Crippen LogP contribution >= 0.6 is 23.1 Å². The summed E-state index contributed by atoms with van der Waals surface area (Å²) in [4.78, 5) is 28.7. The van der Waals surface area contributed by atoms with Gasteiger partial charge in [0.1, 0.15) is 11.3 Å². The maximum absolute atomic E-state index is 12.3. The number of nitrogens with one attached hydrogen (secondary N) is 1. The molecule has 8 heteroatoms. The predicted molar refractivity (Wildman–Crippen MR) is 98.4 cm³/mol. The van der Waals surface area contributed by atoms with Crippen LogP contribution in [0.1, 0.15) is 23.2 Å². The van der Waals surface area contributed by atoms with Crippen LogP contribution in [0.3, 0.4) is 0 Å². The number of aryl methyl sites for hydroxylation is 1. The van der Waals surface area contributed by atoms with E-state index in [1.807, 2.05) is 18.4 Å². The minimum absolute atomic E-state index is 0.00601. The van der Waals surface area contributed by atoms with Gasteiger partial charge in [-0.25, -0.2) is 9.78 Å². The number of rotatable bonds is 6. The molecule has 0 fully saturated rings. The smallest absolute Gasteiger partial charge is 0.376 e. The van der Waals surface area contributed by atoms with Crippen LogP contribution < -0.4 is 5.32 Å². The first-order valence-corrected chi connectivity index (χ1v) is 9.48. The van der Waals surface area contributed by atoms with E-state index in [-0.39, 0.29) is 24.0 Å².